The van der Waals surface area contributed by atoms with E-state index in [1.54, 1.807) is 12.5 Å². The van der Waals surface area contributed by atoms with Crippen LogP contribution in [-0.4, -0.2) is 6.34 Å². The highest BCUT2D eigenvalue weighted by Gasteiger charge is 1.98. The minimum atomic E-state index is 0.977. The molecule has 0 saturated carbocycles. The Morgan fingerprint density at radius 2 is 2.00 bits per heavy atom. The van der Waals surface area contributed by atoms with Crippen LogP contribution in [0.5, 0.6) is 0 Å². The summed E-state index contributed by atoms with van der Waals surface area (Å²) in [6.07, 6.45) is 5.25. The summed E-state index contributed by atoms with van der Waals surface area (Å²) in [5, 5.41) is 4.13. The molecule has 1 aromatic carbocycles. The Balaban J connectivity index is 2.52. The normalized spacial score (nSPS) is 13.5. The van der Waals surface area contributed by atoms with E-state index >= 15 is 0 Å². The lowest BCUT2D eigenvalue weighted by Crippen LogP contribution is -1.92. The van der Waals surface area contributed by atoms with Gasteiger partial charge in [-0.15, -0.1) is 0 Å². The van der Waals surface area contributed by atoms with Gasteiger partial charge in [0, 0.05) is 11.8 Å². The lowest BCUT2D eigenvalue weighted by molar-refractivity contribution is 1.29. The van der Waals surface area contributed by atoms with Crippen LogP contribution in [0.25, 0.3) is 6.08 Å². The fraction of sp³-hybridized carbons (Fsp3) is 0. The van der Waals surface area contributed by atoms with Gasteiger partial charge < -0.3 is 0 Å². The summed E-state index contributed by atoms with van der Waals surface area (Å²) < 4.78 is 0. The number of rotatable bonds is 0. The molecular weight excluding hydrogens is 136 g/mol. The predicted octanol–water partition coefficient (Wildman–Crippen LogP) is 1.94. The molecule has 2 heteroatoms. The second kappa shape index (κ2) is 2.58. The molecule has 11 heavy (non-hydrogen) atoms. The number of hydrogen-bond donors (Lipinski definition) is 0. The molecule has 0 amide bonds. The van der Waals surface area contributed by atoms with Crippen molar-refractivity contribution in [2.45, 2.75) is 0 Å². The van der Waals surface area contributed by atoms with Crippen molar-refractivity contribution in [1.29, 1.82) is 0 Å². The molecule has 1 aliphatic heterocycles. The van der Waals surface area contributed by atoms with Crippen LogP contribution in [0, 0.1) is 0 Å². The van der Waals surface area contributed by atoms with Gasteiger partial charge in [-0.25, -0.2) is 10.3 Å². The monoisotopic (exact) mass is 143 g/mol. The number of fused-ring (bicyclic) bond motifs is 1. The average molecular weight is 143 g/mol. The summed E-state index contributed by atoms with van der Waals surface area (Å²) in [4.78, 5) is 3.91. The third-order valence-electron chi connectivity index (χ3n) is 1.54. The molecular formula is C9H7N2. The fourth-order valence-electron chi connectivity index (χ4n) is 1.00. The van der Waals surface area contributed by atoms with Gasteiger partial charge in [-0.2, -0.15) is 0 Å². The van der Waals surface area contributed by atoms with E-state index in [4.69, 9.17) is 0 Å². The third-order valence-corrected chi connectivity index (χ3v) is 1.54. The van der Waals surface area contributed by atoms with Crippen LogP contribution in [0.1, 0.15) is 5.56 Å². The minimum absolute atomic E-state index is 0.977. The molecule has 53 valence electrons. The second-order valence-corrected chi connectivity index (χ2v) is 2.27. The van der Waals surface area contributed by atoms with Crippen molar-refractivity contribution in [2.24, 2.45) is 4.99 Å². The number of para-hydroxylation sites is 1. The summed E-state index contributed by atoms with van der Waals surface area (Å²) in [6, 6.07) is 7.94. The van der Waals surface area contributed by atoms with Crippen LogP contribution >= 0.6 is 0 Å². The first-order valence-electron chi connectivity index (χ1n) is 3.45. The van der Waals surface area contributed by atoms with E-state index in [2.05, 4.69) is 10.3 Å². The van der Waals surface area contributed by atoms with Crippen molar-refractivity contribution in [1.82, 2.24) is 5.32 Å². The highest BCUT2D eigenvalue weighted by molar-refractivity contribution is 5.74. The van der Waals surface area contributed by atoms with Crippen molar-refractivity contribution >= 4 is 18.1 Å². The molecule has 2 nitrogen and oxygen atoms in total. The van der Waals surface area contributed by atoms with Crippen LogP contribution in [0.2, 0.25) is 0 Å². The molecule has 0 spiro atoms. The summed E-state index contributed by atoms with van der Waals surface area (Å²) in [6.45, 7) is 0. The Kier molecular flexibility index (Phi) is 1.44. The van der Waals surface area contributed by atoms with E-state index in [9.17, 15) is 0 Å². The predicted molar refractivity (Wildman–Crippen MR) is 45.8 cm³/mol. The van der Waals surface area contributed by atoms with Gasteiger partial charge in [-0.1, -0.05) is 18.2 Å². The highest BCUT2D eigenvalue weighted by atomic mass is 14.9. The summed E-state index contributed by atoms with van der Waals surface area (Å²) in [7, 11) is 0. The van der Waals surface area contributed by atoms with Crippen LogP contribution in [-0.2, 0) is 0 Å². The topological polar surface area (TPSA) is 26.5 Å². The lowest BCUT2D eigenvalue weighted by Gasteiger charge is -1.98. The van der Waals surface area contributed by atoms with Crippen LogP contribution in [0.4, 0.5) is 5.69 Å². The Morgan fingerprint density at radius 3 is 3.00 bits per heavy atom. The first kappa shape index (κ1) is 6.16. The van der Waals surface area contributed by atoms with Gasteiger partial charge in [0.2, 0.25) is 0 Å². The van der Waals surface area contributed by atoms with Gasteiger partial charge in [0.1, 0.15) is 6.34 Å². The Labute approximate surface area is 65.3 Å². The van der Waals surface area contributed by atoms with Crippen molar-refractivity contribution in [3.63, 3.8) is 0 Å². The fourth-order valence-corrected chi connectivity index (χ4v) is 1.00. The molecule has 0 saturated heterocycles. The molecule has 0 N–H and O–H groups in total. The van der Waals surface area contributed by atoms with E-state index in [1.807, 2.05) is 30.3 Å². The summed E-state index contributed by atoms with van der Waals surface area (Å²) in [5.74, 6) is 0. The maximum atomic E-state index is 4.13. The van der Waals surface area contributed by atoms with Crippen LogP contribution in [0.15, 0.2) is 35.5 Å². The third kappa shape index (κ3) is 1.15. The average Bonchev–Trinajstić information content (AvgIpc) is 2.28. The molecule has 0 aliphatic carbocycles. The maximum absolute atomic E-state index is 4.13. The molecule has 1 aromatic rings. The van der Waals surface area contributed by atoms with Gasteiger partial charge in [-0.05, 0) is 12.1 Å². The van der Waals surface area contributed by atoms with Gasteiger partial charge >= 0.3 is 0 Å². The van der Waals surface area contributed by atoms with E-state index < -0.39 is 0 Å². The summed E-state index contributed by atoms with van der Waals surface area (Å²) >= 11 is 0. The number of hydrogen-bond acceptors (Lipinski definition) is 1. The first-order chi connectivity index (χ1) is 5.47. The van der Waals surface area contributed by atoms with E-state index in [0.29, 0.717) is 0 Å². The Bertz CT molecular complexity index is 313. The standard InChI is InChI=1S/C9H7N2/c1-2-4-9-8(3-1)5-6-10-7-11-9/h1-7H. The zero-order chi connectivity index (χ0) is 7.52. The molecule has 0 bridgehead atoms. The molecule has 0 unspecified atom stereocenters. The van der Waals surface area contributed by atoms with Gasteiger partial charge in [0.25, 0.3) is 0 Å². The molecule has 1 aliphatic rings. The van der Waals surface area contributed by atoms with E-state index in [1.165, 1.54) is 0 Å². The number of aliphatic imine (C=N–C) groups is 1. The first-order valence-corrected chi connectivity index (χ1v) is 3.45. The Morgan fingerprint density at radius 1 is 1.09 bits per heavy atom. The van der Waals surface area contributed by atoms with Gasteiger partial charge in [-0.3, -0.25) is 0 Å². The molecule has 0 atom stereocenters. The molecule has 0 aromatic heterocycles. The quantitative estimate of drug-likeness (QED) is 0.530. The minimum Gasteiger partial charge on any atom is -0.245 e. The second-order valence-electron chi connectivity index (χ2n) is 2.27. The summed E-state index contributed by atoms with van der Waals surface area (Å²) in [5.41, 5.74) is 2.09. The molecule has 0 fully saturated rings. The van der Waals surface area contributed by atoms with Gasteiger partial charge in [0.05, 0.1) is 5.69 Å². The van der Waals surface area contributed by atoms with Crippen molar-refractivity contribution in [3.05, 3.63) is 36.0 Å². The number of benzene rings is 1. The zero-order valence-corrected chi connectivity index (χ0v) is 5.94. The Hall–Kier alpha value is -1.57. The lowest BCUT2D eigenvalue weighted by atomic mass is 10.2. The van der Waals surface area contributed by atoms with Crippen LogP contribution < -0.4 is 5.32 Å². The molecule has 1 radical (unpaired) electrons. The number of nitrogens with zero attached hydrogens (tertiary/aromatic N) is 2. The SMILES string of the molecule is C1=Cc2ccccc2[N]C=N1. The largest absolute Gasteiger partial charge is 0.245 e. The maximum Gasteiger partial charge on any atom is 0.116 e. The highest BCUT2D eigenvalue weighted by Crippen LogP contribution is 2.17. The van der Waals surface area contributed by atoms with E-state index in [-0.39, 0.29) is 0 Å². The van der Waals surface area contributed by atoms with E-state index in [0.717, 1.165) is 11.3 Å². The van der Waals surface area contributed by atoms with Gasteiger partial charge in [0.15, 0.2) is 0 Å². The smallest absolute Gasteiger partial charge is 0.116 e. The van der Waals surface area contributed by atoms with Crippen molar-refractivity contribution in [2.75, 3.05) is 0 Å². The zero-order valence-electron chi connectivity index (χ0n) is 5.94. The van der Waals surface area contributed by atoms with Crippen LogP contribution in [0.3, 0.4) is 0 Å². The van der Waals surface area contributed by atoms with Crippen molar-refractivity contribution < 1.29 is 0 Å². The molecule has 1 heterocycles. The molecule has 2 rings (SSSR count). The van der Waals surface area contributed by atoms with Crippen molar-refractivity contribution in [3.8, 4) is 0 Å².